The quantitative estimate of drug-likeness (QED) is 0.281. The zero-order chi connectivity index (χ0) is 17.7. The average molecular weight is 333 g/mol. The van der Waals surface area contributed by atoms with Gasteiger partial charge in [0.1, 0.15) is 0 Å². The van der Waals surface area contributed by atoms with Crippen LogP contribution >= 0.6 is 0 Å². The van der Waals surface area contributed by atoms with Crippen LogP contribution in [-0.4, -0.2) is 11.1 Å². The molecule has 0 aliphatic carbocycles. The van der Waals surface area contributed by atoms with E-state index in [9.17, 15) is 4.79 Å². The Kier molecular flexibility index (Phi) is 18.5. The van der Waals surface area contributed by atoms with Gasteiger partial charge in [-0.3, -0.25) is 4.79 Å². The smallest absolute Gasteiger partial charge is 0.303 e. The maximum Gasteiger partial charge on any atom is 0.303 e. The Morgan fingerprint density at radius 1 is 0.667 bits per heavy atom. The minimum absolute atomic E-state index is 0.195. The number of carbonyl (C=O) groups is 1. The third kappa shape index (κ3) is 20.6. The summed E-state index contributed by atoms with van der Waals surface area (Å²) in [6.45, 7) is 2.27. The Morgan fingerprint density at radius 2 is 1.08 bits per heavy atom. The first-order valence-electron chi connectivity index (χ1n) is 9.95. The van der Waals surface area contributed by atoms with Gasteiger partial charge >= 0.3 is 5.97 Å². The molecule has 0 fully saturated rings. The van der Waals surface area contributed by atoms with Gasteiger partial charge in [-0.25, -0.2) is 0 Å². The standard InChI is InChI=1S/C22H36O2/c1-2-3-4-5-6-7-8-9-10-11-12-13-14-15-16-17-18-19-20-21-22(23)24/h2-14,19-21H2,1H3,(H,23,24). The van der Waals surface area contributed by atoms with Gasteiger partial charge in [0.05, 0.1) is 0 Å². The maximum absolute atomic E-state index is 10.3. The minimum Gasteiger partial charge on any atom is -0.481 e. The Labute approximate surface area is 149 Å². The van der Waals surface area contributed by atoms with E-state index in [4.69, 9.17) is 5.11 Å². The molecule has 0 amide bonds. The molecule has 0 heterocycles. The summed E-state index contributed by atoms with van der Waals surface area (Å²) in [5.74, 6) is 10.9. The van der Waals surface area contributed by atoms with Gasteiger partial charge in [0, 0.05) is 19.3 Å². The van der Waals surface area contributed by atoms with Crippen LogP contribution in [0.5, 0.6) is 0 Å². The van der Waals surface area contributed by atoms with Gasteiger partial charge in [-0.05, 0) is 24.7 Å². The number of unbranched alkanes of at least 4 members (excludes halogenated alkanes) is 13. The van der Waals surface area contributed by atoms with Gasteiger partial charge in [0.25, 0.3) is 0 Å². The van der Waals surface area contributed by atoms with Crippen molar-refractivity contribution >= 4 is 5.97 Å². The molecule has 0 saturated carbocycles. The monoisotopic (exact) mass is 332 g/mol. The second-order valence-corrected chi connectivity index (χ2v) is 6.49. The highest BCUT2D eigenvalue weighted by molar-refractivity contribution is 5.66. The molecule has 0 unspecified atom stereocenters. The number of carboxylic acids is 1. The first-order chi connectivity index (χ1) is 11.8. The van der Waals surface area contributed by atoms with E-state index in [2.05, 4.69) is 30.6 Å². The largest absolute Gasteiger partial charge is 0.481 e. The molecule has 1 N–H and O–H groups in total. The SMILES string of the molecule is CCCCCCCCCCCCCCC#CC#CCCCC(=O)O. The molecule has 0 atom stereocenters. The van der Waals surface area contributed by atoms with Gasteiger partial charge in [0.2, 0.25) is 0 Å². The van der Waals surface area contributed by atoms with Crippen LogP contribution in [0.25, 0.3) is 0 Å². The van der Waals surface area contributed by atoms with Crippen LogP contribution in [0.15, 0.2) is 0 Å². The highest BCUT2D eigenvalue weighted by atomic mass is 16.4. The molecular formula is C22H36O2. The lowest BCUT2D eigenvalue weighted by Gasteiger charge is -2.01. The number of carboxylic acid groups (broad SMARTS) is 1. The Balaban J connectivity index is 3.21. The van der Waals surface area contributed by atoms with Gasteiger partial charge < -0.3 is 5.11 Å². The van der Waals surface area contributed by atoms with Crippen LogP contribution in [0.2, 0.25) is 0 Å². The van der Waals surface area contributed by atoms with Crippen molar-refractivity contribution in [3.63, 3.8) is 0 Å². The summed E-state index contributed by atoms with van der Waals surface area (Å²) in [5, 5.41) is 8.48. The van der Waals surface area contributed by atoms with E-state index in [1.54, 1.807) is 0 Å². The summed E-state index contributed by atoms with van der Waals surface area (Å²) in [4.78, 5) is 10.3. The third-order valence-corrected chi connectivity index (χ3v) is 4.09. The summed E-state index contributed by atoms with van der Waals surface area (Å²) < 4.78 is 0. The molecule has 0 aromatic rings. The molecule has 136 valence electrons. The average Bonchev–Trinajstić information content (AvgIpc) is 2.56. The van der Waals surface area contributed by atoms with Crippen LogP contribution in [0.4, 0.5) is 0 Å². The summed E-state index contributed by atoms with van der Waals surface area (Å²) in [7, 11) is 0. The van der Waals surface area contributed by atoms with E-state index >= 15 is 0 Å². The molecular weight excluding hydrogens is 296 g/mol. The lowest BCUT2D eigenvalue weighted by atomic mass is 10.0. The molecule has 24 heavy (non-hydrogen) atoms. The van der Waals surface area contributed by atoms with E-state index in [1.165, 1.54) is 77.0 Å². The molecule has 0 aromatic carbocycles. The zero-order valence-electron chi connectivity index (χ0n) is 15.7. The Morgan fingerprint density at radius 3 is 1.54 bits per heavy atom. The molecule has 0 aliphatic rings. The minimum atomic E-state index is -0.755. The number of rotatable bonds is 15. The second kappa shape index (κ2) is 19.6. The van der Waals surface area contributed by atoms with E-state index in [1.807, 2.05) is 0 Å². The second-order valence-electron chi connectivity index (χ2n) is 6.49. The van der Waals surface area contributed by atoms with Gasteiger partial charge in [-0.15, -0.1) is 0 Å². The molecule has 0 rings (SSSR count). The Bertz CT molecular complexity index is 403. The van der Waals surface area contributed by atoms with Crippen LogP contribution in [0.1, 0.15) is 110 Å². The fourth-order valence-electron chi connectivity index (χ4n) is 2.60. The number of hydrogen-bond acceptors (Lipinski definition) is 1. The van der Waals surface area contributed by atoms with E-state index in [0.29, 0.717) is 12.8 Å². The lowest BCUT2D eigenvalue weighted by molar-refractivity contribution is -0.137. The normalized spacial score (nSPS) is 9.71. The molecule has 2 nitrogen and oxygen atoms in total. The molecule has 0 saturated heterocycles. The fourth-order valence-corrected chi connectivity index (χ4v) is 2.60. The number of aliphatic carboxylic acids is 1. The molecule has 0 aromatic heterocycles. The first kappa shape index (κ1) is 22.6. The van der Waals surface area contributed by atoms with Crippen molar-refractivity contribution in [2.45, 2.75) is 110 Å². The van der Waals surface area contributed by atoms with Crippen molar-refractivity contribution < 1.29 is 9.90 Å². The third-order valence-electron chi connectivity index (χ3n) is 4.09. The van der Waals surface area contributed by atoms with Crippen LogP contribution < -0.4 is 0 Å². The highest BCUT2D eigenvalue weighted by Gasteiger charge is 1.93. The van der Waals surface area contributed by atoms with Gasteiger partial charge in [0.15, 0.2) is 0 Å². The predicted molar refractivity (Wildman–Crippen MR) is 103 cm³/mol. The summed E-state index contributed by atoms with van der Waals surface area (Å²) in [5.41, 5.74) is 0. The summed E-state index contributed by atoms with van der Waals surface area (Å²) in [6.07, 6.45) is 18.7. The summed E-state index contributed by atoms with van der Waals surface area (Å²) >= 11 is 0. The topological polar surface area (TPSA) is 37.3 Å². The van der Waals surface area contributed by atoms with Crippen molar-refractivity contribution in [2.75, 3.05) is 0 Å². The Hall–Kier alpha value is -1.41. The van der Waals surface area contributed by atoms with Crippen LogP contribution in [0.3, 0.4) is 0 Å². The number of hydrogen-bond donors (Lipinski definition) is 1. The highest BCUT2D eigenvalue weighted by Crippen LogP contribution is 2.12. The lowest BCUT2D eigenvalue weighted by Crippen LogP contribution is -1.92. The molecule has 0 aliphatic heterocycles. The molecule has 0 radical (unpaired) electrons. The molecule has 2 heteroatoms. The van der Waals surface area contributed by atoms with Gasteiger partial charge in [-0.1, -0.05) is 89.4 Å². The van der Waals surface area contributed by atoms with Crippen molar-refractivity contribution in [1.82, 2.24) is 0 Å². The summed E-state index contributed by atoms with van der Waals surface area (Å²) in [6, 6.07) is 0. The zero-order valence-corrected chi connectivity index (χ0v) is 15.7. The first-order valence-corrected chi connectivity index (χ1v) is 9.95. The van der Waals surface area contributed by atoms with E-state index < -0.39 is 5.97 Å². The van der Waals surface area contributed by atoms with E-state index in [0.717, 1.165) is 6.42 Å². The van der Waals surface area contributed by atoms with Crippen LogP contribution in [0, 0.1) is 23.7 Å². The van der Waals surface area contributed by atoms with Gasteiger partial charge in [-0.2, -0.15) is 0 Å². The molecule has 0 spiro atoms. The van der Waals surface area contributed by atoms with E-state index in [-0.39, 0.29) is 6.42 Å². The van der Waals surface area contributed by atoms with Crippen molar-refractivity contribution in [2.24, 2.45) is 0 Å². The predicted octanol–water partition coefficient (Wildman–Crippen LogP) is 6.34. The van der Waals surface area contributed by atoms with Crippen molar-refractivity contribution in [3.05, 3.63) is 0 Å². The fraction of sp³-hybridized carbons (Fsp3) is 0.773. The van der Waals surface area contributed by atoms with Crippen LogP contribution in [-0.2, 0) is 4.79 Å². The van der Waals surface area contributed by atoms with Crippen molar-refractivity contribution in [3.8, 4) is 23.7 Å². The molecule has 0 bridgehead atoms. The maximum atomic E-state index is 10.3. The van der Waals surface area contributed by atoms with Crippen molar-refractivity contribution in [1.29, 1.82) is 0 Å².